The molecule has 1 nitrogen and oxygen atoms in total. The monoisotopic (exact) mass is 255 g/mol. The van der Waals surface area contributed by atoms with Crippen molar-refractivity contribution in [3.8, 4) is 0 Å². The first-order chi connectivity index (χ1) is 8.20. The highest BCUT2D eigenvalue weighted by molar-refractivity contribution is 7.99. The van der Waals surface area contributed by atoms with Crippen molar-refractivity contribution >= 4 is 11.8 Å². The predicted molar refractivity (Wildman–Crippen MR) is 78.7 cm³/mol. The van der Waals surface area contributed by atoms with E-state index in [0.717, 1.165) is 29.2 Å². The molecule has 2 heteroatoms. The lowest BCUT2D eigenvalue weighted by atomic mass is 9.77. The minimum Gasteiger partial charge on any atom is -0.311 e. The standard InChI is InChI=1S/C15H29NS/c1-11(2)14-6-4-5-7-15(14)16-12-8-9-13(10-12)17-3/h11-16H,4-10H2,1-3H3. The average molecular weight is 255 g/mol. The number of thioether (sulfide) groups is 1. The molecule has 0 aromatic heterocycles. The molecule has 0 aromatic rings. The zero-order valence-electron chi connectivity index (χ0n) is 11.7. The number of nitrogens with one attached hydrogen (secondary N) is 1. The first kappa shape index (κ1) is 13.7. The van der Waals surface area contributed by atoms with E-state index in [1.165, 1.54) is 44.9 Å². The van der Waals surface area contributed by atoms with Crippen molar-refractivity contribution in [3.63, 3.8) is 0 Å². The Balaban J connectivity index is 1.84. The Hall–Kier alpha value is 0.310. The lowest BCUT2D eigenvalue weighted by molar-refractivity contribution is 0.192. The molecule has 0 bridgehead atoms. The van der Waals surface area contributed by atoms with Crippen LogP contribution in [0.4, 0.5) is 0 Å². The summed E-state index contributed by atoms with van der Waals surface area (Å²) in [6.45, 7) is 4.81. The second-order valence-corrected chi connectivity index (χ2v) is 7.47. The molecular weight excluding hydrogens is 226 g/mol. The molecule has 0 radical (unpaired) electrons. The zero-order chi connectivity index (χ0) is 12.3. The molecule has 2 aliphatic rings. The van der Waals surface area contributed by atoms with Crippen LogP contribution in [0.2, 0.25) is 0 Å². The highest BCUT2D eigenvalue weighted by atomic mass is 32.2. The summed E-state index contributed by atoms with van der Waals surface area (Å²) in [4.78, 5) is 0. The maximum absolute atomic E-state index is 4.00. The molecule has 0 aliphatic heterocycles. The molecule has 2 rings (SSSR count). The Labute approximate surface area is 112 Å². The summed E-state index contributed by atoms with van der Waals surface area (Å²) in [5.74, 6) is 1.78. The van der Waals surface area contributed by atoms with Gasteiger partial charge in [0.25, 0.3) is 0 Å². The van der Waals surface area contributed by atoms with Crippen LogP contribution in [0.1, 0.15) is 58.8 Å². The fourth-order valence-electron chi connectivity index (χ4n) is 3.77. The fourth-order valence-corrected chi connectivity index (χ4v) is 4.57. The lowest BCUT2D eigenvalue weighted by Gasteiger charge is -2.37. The van der Waals surface area contributed by atoms with Gasteiger partial charge in [-0.2, -0.15) is 11.8 Å². The van der Waals surface area contributed by atoms with Gasteiger partial charge >= 0.3 is 0 Å². The summed E-state index contributed by atoms with van der Waals surface area (Å²) >= 11 is 2.07. The minimum absolute atomic E-state index is 0.814. The topological polar surface area (TPSA) is 12.0 Å². The van der Waals surface area contributed by atoms with Gasteiger partial charge in [-0.25, -0.2) is 0 Å². The molecule has 0 aromatic carbocycles. The summed E-state index contributed by atoms with van der Waals surface area (Å²) in [6.07, 6.45) is 12.3. The van der Waals surface area contributed by atoms with E-state index in [4.69, 9.17) is 0 Å². The average Bonchev–Trinajstić information content (AvgIpc) is 2.77. The molecule has 100 valence electrons. The molecule has 2 aliphatic carbocycles. The largest absolute Gasteiger partial charge is 0.311 e. The maximum atomic E-state index is 4.00. The Bertz CT molecular complexity index is 229. The van der Waals surface area contributed by atoms with Gasteiger partial charge < -0.3 is 5.32 Å². The van der Waals surface area contributed by atoms with E-state index in [0.29, 0.717) is 0 Å². The van der Waals surface area contributed by atoms with Crippen LogP contribution in [0.15, 0.2) is 0 Å². The van der Waals surface area contributed by atoms with Gasteiger partial charge in [0.05, 0.1) is 0 Å². The van der Waals surface area contributed by atoms with Crippen molar-refractivity contribution in [2.24, 2.45) is 11.8 Å². The summed E-state index contributed by atoms with van der Waals surface area (Å²) in [7, 11) is 0. The SMILES string of the molecule is CSC1CCC(NC2CCCCC2C(C)C)C1. The Morgan fingerprint density at radius 2 is 1.82 bits per heavy atom. The number of hydrogen-bond acceptors (Lipinski definition) is 2. The van der Waals surface area contributed by atoms with Crippen LogP contribution in [0, 0.1) is 11.8 Å². The van der Waals surface area contributed by atoms with E-state index in [1.807, 2.05) is 0 Å². The zero-order valence-corrected chi connectivity index (χ0v) is 12.6. The van der Waals surface area contributed by atoms with Crippen LogP contribution in [0.5, 0.6) is 0 Å². The molecule has 17 heavy (non-hydrogen) atoms. The van der Waals surface area contributed by atoms with E-state index in [-0.39, 0.29) is 0 Å². The summed E-state index contributed by atoms with van der Waals surface area (Å²) in [5, 5.41) is 4.92. The predicted octanol–water partition coefficient (Wildman–Crippen LogP) is 4.07. The minimum atomic E-state index is 0.814. The van der Waals surface area contributed by atoms with Crippen molar-refractivity contribution < 1.29 is 0 Å². The van der Waals surface area contributed by atoms with E-state index in [1.54, 1.807) is 0 Å². The first-order valence-corrected chi connectivity index (χ1v) is 8.78. The second-order valence-electron chi connectivity index (χ2n) is 6.33. The highest BCUT2D eigenvalue weighted by Crippen LogP contribution is 2.33. The van der Waals surface area contributed by atoms with Crippen LogP contribution in [-0.4, -0.2) is 23.6 Å². The Morgan fingerprint density at radius 3 is 2.47 bits per heavy atom. The van der Waals surface area contributed by atoms with Crippen LogP contribution in [0.3, 0.4) is 0 Å². The van der Waals surface area contributed by atoms with Gasteiger partial charge in [-0.15, -0.1) is 0 Å². The third-order valence-corrected chi connectivity index (χ3v) is 5.94. The van der Waals surface area contributed by atoms with Gasteiger partial charge in [0.2, 0.25) is 0 Å². The van der Waals surface area contributed by atoms with Gasteiger partial charge in [0, 0.05) is 17.3 Å². The molecule has 0 saturated heterocycles. The smallest absolute Gasteiger partial charge is 0.0100 e. The molecular formula is C15H29NS. The molecule has 0 amide bonds. The molecule has 2 saturated carbocycles. The van der Waals surface area contributed by atoms with Crippen LogP contribution >= 0.6 is 11.8 Å². The Morgan fingerprint density at radius 1 is 1.06 bits per heavy atom. The number of rotatable bonds is 4. The third kappa shape index (κ3) is 3.64. The molecule has 4 atom stereocenters. The van der Waals surface area contributed by atoms with Crippen molar-refractivity contribution in [2.45, 2.75) is 76.1 Å². The molecule has 0 spiro atoms. The van der Waals surface area contributed by atoms with E-state index in [9.17, 15) is 0 Å². The summed E-state index contributed by atoms with van der Waals surface area (Å²) in [5.41, 5.74) is 0. The fraction of sp³-hybridized carbons (Fsp3) is 1.00. The normalized spacial score (nSPS) is 38.8. The van der Waals surface area contributed by atoms with Gasteiger partial charge in [0.1, 0.15) is 0 Å². The molecule has 4 unspecified atom stereocenters. The van der Waals surface area contributed by atoms with Crippen molar-refractivity contribution in [2.75, 3.05) is 6.26 Å². The first-order valence-electron chi connectivity index (χ1n) is 7.49. The second kappa shape index (κ2) is 6.47. The van der Waals surface area contributed by atoms with Crippen molar-refractivity contribution in [1.82, 2.24) is 5.32 Å². The van der Waals surface area contributed by atoms with E-state index in [2.05, 4.69) is 37.2 Å². The quantitative estimate of drug-likeness (QED) is 0.812. The molecule has 2 fully saturated rings. The van der Waals surface area contributed by atoms with Crippen molar-refractivity contribution in [3.05, 3.63) is 0 Å². The third-order valence-electron chi connectivity index (χ3n) is 4.84. The summed E-state index contributed by atoms with van der Waals surface area (Å²) < 4.78 is 0. The Kier molecular flexibility index (Phi) is 5.23. The van der Waals surface area contributed by atoms with Crippen LogP contribution in [0.25, 0.3) is 0 Å². The molecule has 1 N–H and O–H groups in total. The highest BCUT2D eigenvalue weighted by Gasteiger charge is 2.31. The van der Waals surface area contributed by atoms with E-state index < -0.39 is 0 Å². The van der Waals surface area contributed by atoms with Gasteiger partial charge in [-0.1, -0.05) is 26.7 Å². The van der Waals surface area contributed by atoms with Gasteiger partial charge in [0.15, 0.2) is 0 Å². The molecule has 0 heterocycles. The van der Waals surface area contributed by atoms with Gasteiger partial charge in [-0.3, -0.25) is 0 Å². The number of hydrogen-bond donors (Lipinski definition) is 1. The lowest BCUT2D eigenvalue weighted by Crippen LogP contribution is -2.45. The van der Waals surface area contributed by atoms with Gasteiger partial charge in [-0.05, 0) is 50.2 Å². The van der Waals surface area contributed by atoms with E-state index >= 15 is 0 Å². The van der Waals surface area contributed by atoms with Crippen LogP contribution in [-0.2, 0) is 0 Å². The van der Waals surface area contributed by atoms with Crippen LogP contribution < -0.4 is 5.32 Å². The summed E-state index contributed by atoms with van der Waals surface area (Å²) in [6, 6.07) is 1.63. The van der Waals surface area contributed by atoms with Crippen molar-refractivity contribution in [1.29, 1.82) is 0 Å². The maximum Gasteiger partial charge on any atom is 0.0100 e.